The Balaban J connectivity index is 2.58. The van der Waals surface area contributed by atoms with Gasteiger partial charge >= 0.3 is 0 Å². The van der Waals surface area contributed by atoms with Crippen molar-refractivity contribution in [3.63, 3.8) is 0 Å². The Kier molecular flexibility index (Phi) is 4.18. The maximum Gasteiger partial charge on any atom is 0.146 e. The first-order chi connectivity index (χ1) is 9.04. The fraction of sp³-hybridized carbons (Fsp3) is 0.0833. The van der Waals surface area contributed by atoms with Gasteiger partial charge in [-0.25, -0.2) is 18.6 Å². The Morgan fingerprint density at radius 1 is 1.16 bits per heavy atom. The van der Waals surface area contributed by atoms with Gasteiger partial charge in [0.25, 0.3) is 0 Å². The Bertz CT molecular complexity index is 584. The summed E-state index contributed by atoms with van der Waals surface area (Å²) in [6.45, 7) is 0. The highest BCUT2D eigenvalue weighted by Crippen LogP contribution is 2.29. The third-order valence-corrected chi connectivity index (χ3v) is 3.07. The number of benzene rings is 1. The summed E-state index contributed by atoms with van der Waals surface area (Å²) in [5.41, 5.74) is 1.87. The molecular formula is C12H9BrF3N3. The molecule has 0 saturated heterocycles. The van der Waals surface area contributed by atoms with Crippen LogP contribution in [0.2, 0.25) is 0 Å². The van der Waals surface area contributed by atoms with E-state index in [1.165, 1.54) is 12.3 Å². The van der Waals surface area contributed by atoms with Crippen molar-refractivity contribution in [1.82, 2.24) is 10.4 Å². The van der Waals surface area contributed by atoms with Gasteiger partial charge in [0.15, 0.2) is 0 Å². The molecule has 1 aromatic heterocycles. The van der Waals surface area contributed by atoms with Crippen LogP contribution in [0.3, 0.4) is 0 Å². The van der Waals surface area contributed by atoms with E-state index in [1.54, 1.807) is 0 Å². The van der Waals surface area contributed by atoms with Crippen LogP contribution in [-0.2, 0) is 0 Å². The number of hydrazine groups is 1. The summed E-state index contributed by atoms with van der Waals surface area (Å²) in [5.74, 6) is 2.94. The predicted octanol–water partition coefficient (Wildman–Crippen LogP) is 2.81. The zero-order valence-corrected chi connectivity index (χ0v) is 11.1. The molecule has 0 spiro atoms. The second-order valence-electron chi connectivity index (χ2n) is 3.78. The summed E-state index contributed by atoms with van der Waals surface area (Å²) in [4.78, 5) is 3.58. The molecule has 3 nitrogen and oxygen atoms in total. The Morgan fingerprint density at radius 2 is 1.79 bits per heavy atom. The molecule has 0 saturated carbocycles. The minimum Gasteiger partial charge on any atom is -0.271 e. The molecule has 1 unspecified atom stereocenters. The maximum atomic E-state index is 13.9. The van der Waals surface area contributed by atoms with Gasteiger partial charge in [-0.15, -0.1) is 0 Å². The van der Waals surface area contributed by atoms with E-state index in [4.69, 9.17) is 5.84 Å². The molecule has 1 heterocycles. The number of nitrogens with one attached hydrogen (secondary N) is 1. The van der Waals surface area contributed by atoms with Crippen molar-refractivity contribution in [2.24, 2.45) is 5.84 Å². The van der Waals surface area contributed by atoms with Crippen LogP contribution in [-0.4, -0.2) is 4.98 Å². The van der Waals surface area contributed by atoms with Crippen molar-refractivity contribution in [2.45, 2.75) is 6.04 Å². The number of pyridine rings is 1. The summed E-state index contributed by atoms with van der Waals surface area (Å²) in [6.07, 6.45) is 2.27. The molecule has 0 radical (unpaired) electrons. The summed E-state index contributed by atoms with van der Waals surface area (Å²) in [5, 5.41) is 0. The van der Waals surface area contributed by atoms with Crippen molar-refractivity contribution in [2.75, 3.05) is 0 Å². The quantitative estimate of drug-likeness (QED) is 0.671. The molecule has 0 bridgehead atoms. The van der Waals surface area contributed by atoms with E-state index in [1.807, 2.05) is 0 Å². The summed E-state index contributed by atoms with van der Waals surface area (Å²) in [7, 11) is 0. The lowest BCUT2D eigenvalue weighted by Gasteiger charge is -2.18. The van der Waals surface area contributed by atoms with Gasteiger partial charge in [-0.2, -0.15) is 0 Å². The Hall–Kier alpha value is -1.44. The van der Waals surface area contributed by atoms with Crippen LogP contribution in [0, 0.1) is 17.5 Å². The lowest BCUT2D eigenvalue weighted by atomic mass is 9.99. The number of rotatable bonds is 3. The van der Waals surface area contributed by atoms with Crippen LogP contribution in [0.15, 0.2) is 35.1 Å². The van der Waals surface area contributed by atoms with Gasteiger partial charge in [0.2, 0.25) is 0 Å². The second-order valence-corrected chi connectivity index (χ2v) is 4.70. The van der Waals surface area contributed by atoms with E-state index in [0.29, 0.717) is 0 Å². The molecule has 0 fully saturated rings. The van der Waals surface area contributed by atoms with E-state index >= 15 is 0 Å². The highest BCUT2D eigenvalue weighted by atomic mass is 79.9. The van der Waals surface area contributed by atoms with Crippen molar-refractivity contribution < 1.29 is 13.2 Å². The average Bonchev–Trinajstić information content (AvgIpc) is 2.34. The number of nitrogens with two attached hydrogens (primary N) is 1. The van der Waals surface area contributed by atoms with Gasteiger partial charge in [-0.3, -0.25) is 10.8 Å². The summed E-state index contributed by atoms with van der Waals surface area (Å²) >= 11 is 2.97. The van der Waals surface area contributed by atoms with Crippen molar-refractivity contribution in [3.8, 4) is 0 Å². The van der Waals surface area contributed by atoms with Crippen LogP contribution in [0.5, 0.6) is 0 Å². The number of hydrogen-bond acceptors (Lipinski definition) is 3. The number of nitrogens with zero attached hydrogens (tertiary/aromatic N) is 1. The molecule has 0 aliphatic carbocycles. The molecular weight excluding hydrogens is 323 g/mol. The van der Waals surface area contributed by atoms with E-state index < -0.39 is 23.5 Å². The first kappa shape index (κ1) is 14.0. The van der Waals surface area contributed by atoms with Crippen molar-refractivity contribution in [1.29, 1.82) is 0 Å². The first-order valence-corrected chi connectivity index (χ1v) is 6.04. The zero-order chi connectivity index (χ0) is 14.0. The third kappa shape index (κ3) is 2.78. The molecule has 3 N–H and O–H groups in total. The number of aromatic nitrogens is 1. The Labute approximate surface area is 115 Å². The van der Waals surface area contributed by atoms with Crippen LogP contribution in [0.4, 0.5) is 13.2 Å². The van der Waals surface area contributed by atoms with Gasteiger partial charge in [0.1, 0.15) is 17.5 Å². The monoisotopic (exact) mass is 331 g/mol. The standard InChI is InChI=1S/C12H9BrF3N3/c13-6-3-8(14)11(9(15)4-6)12(19-17)7-1-2-18-5-10(7)16/h1-5,12,19H,17H2. The molecule has 0 amide bonds. The normalized spacial score (nSPS) is 12.5. The van der Waals surface area contributed by atoms with E-state index in [9.17, 15) is 13.2 Å². The van der Waals surface area contributed by atoms with Gasteiger partial charge in [0.05, 0.1) is 12.2 Å². The van der Waals surface area contributed by atoms with Crippen LogP contribution < -0.4 is 11.3 Å². The molecule has 100 valence electrons. The lowest BCUT2D eigenvalue weighted by molar-refractivity contribution is 0.493. The molecule has 0 aliphatic heterocycles. The fourth-order valence-corrected chi connectivity index (χ4v) is 2.18. The molecule has 0 aliphatic rings. The van der Waals surface area contributed by atoms with Crippen molar-refractivity contribution in [3.05, 3.63) is 63.6 Å². The highest BCUT2D eigenvalue weighted by molar-refractivity contribution is 9.10. The summed E-state index contributed by atoms with van der Waals surface area (Å²) in [6, 6.07) is 2.33. The predicted molar refractivity (Wildman–Crippen MR) is 67.4 cm³/mol. The van der Waals surface area contributed by atoms with Crippen molar-refractivity contribution >= 4 is 15.9 Å². The minimum absolute atomic E-state index is 0.0117. The largest absolute Gasteiger partial charge is 0.271 e. The van der Waals surface area contributed by atoms with Gasteiger partial charge in [-0.05, 0) is 18.2 Å². The average molecular weight is 332 g/mol. The van der Waals surface area contributed by atoms with Crippen LogP contribution in [0.25, 0.3) is 0 Å². The lowest BCUT2D eigenvalue weighted by Crippen LogP contribution is -2.31. The molecule has 1 aromatic carbocycles. The topological polar surface area (TPSA) is 50.9 Å². The van der Waals surface area contributed by atoms with E-state index in [-0.39, 0.29) is 15.6 Å². The smallest absolute Gasteiger partial charge is 0.146 e. The highest BCUT2D eigenvalue weighted by Gasteiger charge is 2.24. The van der Waals surface area contributed by atoms with Gasteiger partial charge in [0, 0.05) is 21.8 Å². The Morgan fingerprint density at radius 3 is 2.32 bits per heavy atom. The zero-order valence-electron chi connectivity index (χ0n) is 9.50. The number of hydrogen-bond donors (Lipinski definition) is 2. The second kappa shape index (κ2) is 5.68. The SMILES string of the molecule is NNC(c1ccncc1F)c1c(F)cc(Br)cc1F. The van der Waals surface area contributed by atoms with Crippen LogP contribution in [0.1, 0.15) is 17.2 Å². The maximum absolute atomic E-state index is 13.9. The third-order valence-electron chi connectivity index (χ3n) is 2.61. The minimum atomic E-state index is -1.14. The van der Waals surface area contributed by atoms with Gasteiger partial charge in [-0.1, -0.05) is 15.9 Å². The molecule has 7 heteroatoms. The molecule has 2 aromatic rings. The molecule has 2 rings (SSSR count). The summed E-state index contributed by atoms with van der Waals surface area (Å²) < 4.78 is 41.6. The molecule has 19 heavy (non-hydrogen) atoms. The first-order valence-electron chi connectivity index (χ1n) is 5.24. The molecule has 1 atom stereocenters. The van der Waals surface area contributed by atoms with E-state index in [2.05, 4.69) is 26.3 Å². The van der Waals surface area contributed by atoms with E-state index in [0.717, 1.165) is 18.3 Å². The van der Waals surface area contributed by atoms with Crippen LogP contribution >= 0.6 is 15.9 Å². The fourth-order valence-electron chi connectivity index (χ4n) is 1.78. The van der Waals surface area contributed by atoms with Gasteiger partial charge < -0.3 is 0 Å². The number of halogens is 4.